The number of benzene rings is 1. The van der Waals surface area contributed by atoms with Crippen molar-refractivity contribution >= 4 is 0 Å². The van der Waals surface area contributed by atoms with Gasteiger partial charge in [0.2, 0.25) is 0 Å². The first kappa shape index (κ1) is 16.0. The maximum absolute atomic E-state index is 12.9. The Labute approximate surface area is 138 Å². The van der Waals surface area contributed by atoms with Crippen LogP contribution < -0.4 is 10.9 Å². The quantitative estimate of drug-likeness (QED) is 0.878. The summed E-state index contributed by atoms with van der Waals surface area (Å²) in [5.41, 5.74) is 4.45. The van der Waals surface area contributed by atoms with Gasteiger partial charge in [-0.25, -0.2) is 0 Å². The van der Waals surface area contributed by atoms with E-state index in [1.54, 1.807) is 0 Å². The molecule has 3 rings (SSSR count). The first-order valence-electron chi connectivity index (χ1n) is 8.58. The van der Waals surface area contributed by atoms with Gasteiger partial charge in [0.1, 0.15) is 0 Å². The van der Waals surface area contributed by atoms with Gasteiger partial charge in [0.15, 0.2) is 0 Å². The van der Waals surface area contributed by atoms with Crippen LogP contribution in [0.25, 0.3) is 11.3 Å². The van der Waals surface area contributed by atoms with E-state index in [9.17, 15) is 4.79 Å². The minimum atomic E-state index is 0.168. The molecule has 1 aliphatic rings. The Hall–Kier alpha value is -1.87. The summed E-state index contributed by atoms with van der Waals surface area (Å²) in [5.74, 6) is 0.590. The van der Waals surface area contributed by atoms with E-state index in [1.165, 1.54) is 5.56 Å². The molecule has 1 N–H and O–H groups in total. The average molecular weight is 310 g/mol. The van der Waals surface area contributed by atoms with E-state index < -0.39 is 0 Å². The third-order valence-electron chi connectivity index (χ3n) is 4.32. The van der Waals surface area contributed by atoms with Gasteiger partial charge in [-0.3, -0.25) is 4.79 Å². The molecule has 0 radical (unpaired) electrons. The van der Waals surface area contributed by atoms with Gasteiger partial charge in [-0.2, -0.15) is 0 Å². The molecule has 0 saturated heterocycles. The molecule has 2 aromatic rings. The fourth-order valence-corrected chi connectivity index (χ4v) is 2.88. The Morgan fingerprint density at radius 3 is 2.43 bits per heavy atom. The minimum Gasteiger partial charge on any atom is -0.312 e. The molecule has 0 atom stereocenters. The zero-order valence-corrected chi connectivity index (χ0v) is 14.3. The molecule has 0 unspecified atom stereocenters. The average Bonchev–Trinajstić information content (AvgIpc) is 3.34. The van der Waals surface area contributed by atoms with Crippen molar-refractivity contribution in [3.8, 4) is 11.3 Å². The molecular weight excluding hydrogens is 284 g/mol. The monoisotopic (exact) mass is 310 g/mol. The van der Waals surface area contributed by atoms with Crippen LogP contribution in [0, 0.1) is 12.8 Å². The summed E-state index contributed by atoms with van der Waals surface area (Å²) < 4.78 is 2.01. The third kappa shape index (κ3) is 3.73. The van der Waals surface area contributed by atoms with Crippen molar-refractivity contribution in [2.75, 3.05) is 6.54 Å². The topological polar surface area (TPSA) is 34.0 Å². The lowest BCUT2D eigenvalue weighted by Gasteiger charge is -2.15. The van der Waals surface area contributed by atoms with Crippen LogP contribution in [0.15, 0.2) is 41.2 Å². The lowest BCUT2D eigenvalue weighted by atomic mass is 10.1. The van der Waals surface area contributed by atoms with Crippen molar-refractivity contribution in [3.63, 3.8) is 0 Å². The first-order chi connectivity index (χ1) is 11.1. The van der Waals surface area contributed by atoms with Crippen molar-refractivity contribution in [1.29, 1.82) is 0 Å². The van der Waals surface area contributed by atoms with Gasteiger partial charge in [0, 0.05) is 18.2 Å². The van der Waals surface area contributed by atoms with E-state index >= 15 is 0 Å². The van der Waals surface area contributed by atoms with Crippen molar-refractivity contribution in [3.05, 3.63) is 57.9 Å². The van der Waals surface area contributed by atoms with Crippen molar-refractivity contribution in [1.82, 2.24) is 9.88 Å². The van der Waals surface area contributed by atoms with Gasteiger partial charge < -0.3 is 9.88 Å². The molecule has 1 aliphatic carbocycles. The molecule has 1 saturated carbocycles. The van der Waals surface area contributed by atoms with E-state index in [1.807, 2.05) is 10.6 Å². The van der Waals surface area contributed by atoms with Crippen LogP contribution in [-0.4, -0.2) is 11.1 Å². The second kappa shape index (κ2) is 6.71. The van der Waals surface area contributed by atoms with E-state index in [0.29, 0.717) is 18.5 Å². The Morgan fingerprint density at radius 2 is 1.83 bits per heavy atom. The van der Waals surface area contributed by atoms with Gasteiger partial charge in [-0.15, -0.1) is 0 Å². The highest BCUT2D eigenvalue weighted by atomic mass is 16.1. The number of pyridine rings is 1. The zero-order valence-electron chi connectivity index (χ0n) is 14.3. The van der Waals surface area contributed by atoms with Crippen molar-refractivity contribution < 1.29 is 0 Å². The van der Waals surface area contributed by atoms with E-state index in [4.69, 9.17) is 0 Å². The highest BCUT2D eigenvalue weighted by Crippen LogP contribution is 2.37. The number of nitrogens with one attached hydrogen (secondary N) is 1. The second-order valence-electron chi connectivity index (χ2n) is 7.04. The number of rotatable bonds is 6. The predicted molar refractivity (Wildman–Crippen MR) is 95.7 cm³/mol. The van der Waals surface area contributed by atoms with Crippen LogP contribution >= 0.6 is 0 Å². The number of aromatic nitrogens is 1. The normalized spacial score (nSPS) is 14.4. The molecule has 0 amide bonds. The van der Waals surface area contributed by atoms with Gasteiger partial charge >= 0.3 is 0 Å². The number of hydrogen-bond donors (Lipinski definition) is 1. The Kier molecular flexibility index (Phi) is 4.67. The SMILES string of the molecule is Cc1ccc(-c2ccc(CNCC(C)C)c(=O)n2C2CC2)cc1. The molecule has 3 heteroatoms. The Bertz CT molecular complexity index is 724. The number of nitrogens with zero attached hydrogens (tertiary/aromatic N) is 1. The smallest absolute Gasteiger partial charge is 0.255 e. The fraction of sp³-hybridized carbons (Fsp3) is 0.450. The van der Waals surface area contributed by atoms with Gasteiger partial charge in [0.25, 0.3) is 5.56 Å². The molecule has 0 bridgehead atoms. The van der Waals surface area contributed by atoms with Crippen LogP contribution in [-0.2, 0) is 6.54 Å². The molecule has 1 aromatic heterocycles. The van der Waals surface area contributed by atoms with Crippen molar-refractivity contribution in [2.45, 2.75) is 46.2 Å². The molecule has 122 valence electrons. The van der Waals surface area contributed by atoms with E-state index in [2.05, 4.69) is 56.4 Å². The Balaban J connectivity index is 1.93. The van der Waals surface area contributed by atoms with Crippen molar-refractivity contribution in [2.24, 2.45) is 5.92 Å². The molecule has 3 nitrogen and oxygen atoms in total. The minimum absolute atomic E-state index is 0.168. The lowest BCUT2D eigenvalue weighted by molar-refractivity contribution is 0.548. The second-order valence-corrected chi connectivity index (χ2v) is 7.04. The zero-order chi connectivity index (χ0) is 16.4. The molecular formula is C20H26N2O. The maximum Gasteiger partial charge on any atom is 0.255 e. The summed E-state index contributed by atoms with van der Waals surface area (Å²) in [6.07, 6.45) is 2.23. The highest BCUT2D eigenvalue weighted by molar-refractivity contribution is 5.60. The van der Waals surface area contributed by atoms with E-state index in [0.717, 1.165) is 36.2 Å². The van der Waals surface area contributed by atoms with E-state index in [-0.39, 0.29) is 5.56 Å². The maximum atomic E-state index is 12.9. The lowest BCUT2D eigenvalue weighted by Crippen LogP contribution is -2.29. The standard InChI is InChI=1S/C20H26N2O/c1-14(2)12-21-13-17-8-11-19(16-6-4-15(3)5-7-16)22(20(17)23)18-9-10-18/h4-8,11,14,18,21H,9-10,12-13H2,1-3H3. The summed E-state index contributed by atoms with van der Waals surface area (Å²) in [4.78, 5) is 12.9. The van der Waals surface area contributed by atoms with Gasteiger partial charge in [-0.1, -0.05) is 49.7 Å². The summed E-state index contributed by atoms with van der Waals surface area (Å²) in [7, 11) is 0. The number of aryl methyl sites for hydroxylation is 1. The fourth-order valence-electron chi connectivity index (χ4n) is 2.88. The van der Waals surface area contributed by atoms with Crippen LogP contribution in [0.2, 0.25) is 0 Å². The molecule has 1 aromatic carbocycles. The molecule has 1 fully saturated rings. The van der Waals surface area contributed by atoms with Crippen LogP contribution in [0.3, 0.4) is 0 Å². The summed E-state index contributed by atoms with van der Waals surface area (Å²) >= 11 is 0. The van der Waals surface area contributed by atoms with Crippen LogP contribution in [0.5, 0.6) is 0 Å². The molecule has 1 heterocycles. The van der Waals surface area contributed by atoms with Gasteiger partial charge in [-0.05, 0) is 43.9 Å². The van der Waals surface area contributed by atoms with Crippen LogP contribution in [0.4, 0.5) is 0 Å². The molecule has 0 aliphatic heterocycles. The third-order valence-corrected chi connectivity index (χ3v) is 4.32. The summed E-state index contributed by atoms with van der Waals surface area (Å²) in [6.45, 7) is 8.02. The Morgan fingerprint density at radius 1 is 1.13 bits per heavy atom. The first-order valence-corrected chi connectivity index (χ1v) is 8.58. The summed E-state index contributed by atoms with van der Waals surface area (Å²) in [6, 6.07) is 12.9. The molecule has 0 spiro atoms. The largest absolute Gasteiger partial charge is 0.312 e. The van der Waals surface area contributed by atoms with Gasteiger partial charge in [0.05, 0.1) is 5.69 Å². The van der Waals surface area contributed by atoms with Crippen LogP contribution in [0.1, 0.15) is 43.9 Å². The number of hydrogen-bond acceptors (Lipinski definition) is 2. The highest BCUT2D eigenvalue weighted by Gasteiger charge is 2.27. The predicted octanol–water partition coefficient (Wildman–Crippen LogP) is 3.90. The summed E-state index contributed by atoms with van der Waals surface area (Å²) in [5, 5.41) is 3.38. The molecule has 23 heavy (non-hydrogen) atoms.